The van der Waals surface area contributed by atoms with Gasteiger partial charge in [0.05, 0.1) is 45.7 Å². The molecule has 4 heterocycles. The number of aliphatic hydroxyl groups is 9. The molecule has 0 bridgehead atoms. The lowest BCUT2D eigenvalue weighted by Crippen LogP contribution is -2.71. The normalized spacial score (nSPS) is 35.1. The molecular weight excluding hydrogens is 1080 g/mol. The van der Waals surface area contributed by atoms with Gasteiger partial charge in [-0.2, -0.15) is 8.42 Å². The molecule has 0 aromatic heterocycles. The maximum absolute atomic E-state index is 14.0. The summed E-state index contributed by atoms with van der Waals surface area (Å²) in [5, 5.41) is 110. The van der Waals surface area contributed by atoms with E-state index >= 15 is 0 Å². The van der Waals surface area contributed by atoms with Crippen molar-refractivity contribution < 1.29 is 120 Å². The van der Waals surface area contributed by atoms with Gasteiger partial charge >= 0.3 is 10.4 Å². The Labute approximate surface area is 457 Å². The number of benzene rings is 1. The highest BCUT2D eigenvalue weighted by Crippen LogP contribution is 2.35. The van der Waals surface area contributed by atoms with Gasteiger partial charge in [0, 0.05) is 20.8 Å². The first-order chi connectivity index (χ1) is 37.6. The fraction of sp³-hybridized carbons (Fsp3) is 0.755. The van der Waals surface area contributed by atoms with E-state index in [0.717, 1.165) is 53.6 Å². The standard InChI is InChI=1S/C49H78N4O25S/c1-6-7-8-9-10-11-12-13-16-19-70-28-18-15-14-17-27(28)45(65)53-34-38(61)37(60)29(20-54)73-47(34)76-42-30(21-55)74-48(35(40(42)63)51-25(3)58)77-43-31(22-56)75-49(36(41(43)64)52-26(4)59)78-44-32(23-71-79(67,68)69-5)72-46(66)33(39(44)62)50-24(2)57/h11-12,14-15,17-18,29-44,46-49,54-56,60-64,66H,6-10,13,16,19-23H2,1-5H3,(H,50,57)(H,51,58)(H,52,59)(H,53,65)/b12-11-. The van der Waals surface area contributed by atoms with Crippen LogP contribution in [0.5, 0.6) is 5.75 Å². The van der Waals surface area contributed by atoms with Gasteiger partial charge < -0.3 is 105 Å². The van der Waals surface area contributed by atoms with Crippen LogP contribution in [-0.2, 0) is 66.3 Å². The highest BCUT2D eigenvalue weighted by atomic mass is 32.3. The maximum atomic E-state index is 14.0. The number of amides is 4. The van der Waals surface area contributed by atoms with E-state index in [1.807, 2.05) is 0 Å². The minimum absolute atomic E-state index is 0.0257. The van der Waals surface area contributed by atoms with Gasteiger partial charge in [-0.05, 0) is 37.8 Å². The SMILES string of the molecule is CCCCCC/C=C\CCCOc1ccccc1C(=O)NC1C(OC2C(CO)OC(OC3C(CO)OC(OC4C(COS(=O)(=O)OC)OC(O)C(NC(C)=O)C4O)C(NC(C)=O)C3O)C(NC(C)=O)C2O)OC(CO)C(O)C1O. The van der Waals surface area contributed by atoms with Gasteiger partial charge in [-0.1, -0.05) is 50.5 Å². The summed E-state index contributed by atoms with van der Waals surface area (Å²) in [5.74, 6) is -2.99. The second kappa shape index (κ2) is 31.3. The zero-order chi connectivity index (χ0) is 58.1. The number of carbonyl (C=O) groups excluding carboxylic acids is 4. The summed E-state index contributed by atoms with van der Waals surface area (Å²) in [6.45, 7) is 1.70. The lowest BCUT2D eigenvalue weighted by Gasteiger charge is -2.51. The van der Waals surface area contributed by atoms with E-state index in [1.165, 1.54) is 18.9 Å². The van der Waals surface area contributed by atoms with Crippen LogP contribution in [0.1, 0.15) is 83.0 Å². The van der Waals surface area contributed by atoms with Crippen LogP contribution < -0.4 is 26.0 Å². The second-order valence-electron chi connectivity index (χ2n) is 19.3. The van der Waals surface area contributed by atoms with Gasteiger partial charge in [0.25, 0.3) is 5.91 Å². The van der Waals surface area contributed by atoms with Gasteiger partial charge in [0.15, 0.2) is 25.2 Å². The fourth-order valence-corrected chi connectivity index (χ4v) is 9.84. The minimum atomic E-state index is -4.66. The van der Waals surface area contributed by atoms with Crippen LogP contribution >= 0.6 is 0 Å². The number of aliphatic hydroxyl groups excluding tert-OH is 9. The molecule has 5 rings (SSSR count). The molecule has 20 unspecified atom stereocenters. The number of ether oxygens (including phenoxy) is 8. The molecule has 4 aliphatic heterocycles. The van der Waals surface area contributed by atoms with Crippen molar-refractivity contribution in [3.8, 4) is 5.75 Å². The molecule has 13 N–H and O–H groups in total. The Bertz CT molecular complexity index is 2240. The summed E-state index contributed by atoms with van der Waals surface area (Å²) in [6.07, 6.45) is -18.1. The Morgan fingerprint density at radius 1 is 0.582 bits per heavy atom. The predicted molar refractivity (Wildman–Crippen MR) is 268 cm³/mol. The number of unbranched alkanes of at least 4 members (excludes halogenated alkanes) is 5. The molecule has 0 saturated carbocycles. The molecule has 450 valence electrons. The van der Waals surface area contributed by atoms with Crippen LogP contribution in [-0.4, -0.2) is 241 Å². The van der Waals surface area contributed by atoms with Gasteiger partial charge in [0.1, 0.15) is 103 Å². The molecular formula is C49H78N4O25S. The average molecular weight is 1160 g/mol. The molecule has 1 aromatic rings. The quantitative estimate of drug-likeness (QED) is 0.0279. The molecule has 79 heavy (non-hydrogen) atoms. The first-order valence-corrected chi connectivity index (χ1v) is 27.4. The van der Waals surface area contributed by atoms with E-state index in [-0.39, 0.29) is 17.9 Å². The molecule has 0 radical (unpaired) electrons. The van der Waals surface area contributed by atoms with Crippen molar-refractivity contribution in [1.82, 2.24) is 21.3 Å². The molecule has 1 aromatic carbocycles. The molecule has 0 spiro atoms. The van der Waals surface area contributed by atoms with Crippen molar-refractivity contribution in [3.63, 3.8) is 0 Å². The molecule has 4 aliphatic rings. The van der Waals surface area contributed by atoms with E-state index in [0.29, 0.717) is 6.42 Å². The van der Waals surface area contributed by atoms with Crippen molar-refractivity contribution in [2.45, 2.75) is 195 Å². The Balaban J connectivity index is 1.36. The van der Waals surface area contributed by atoms with E-state index in [9.17, 15) is 73.6 Å². The van der Waals surface area contributed by atoms with Crippen molar-refractivity contribution in [3.05, 3.63) is 42.0 Å². The number of hydrogen-bond acceptors (Lipinski definition) is 25. The second-order valence-corrected chi connectivity index (χ2v) is 20.7. The topological polar surface area (TPSA) is 425 Å². The fourth-order valence-electron chi connectivity index (χ4n) is 9.44. The lowest BCUT2D eigenvalue weighted by molar-refractivity contribution is -0.361. The monoisotopic (exact) mass is 1150 g/mol. The van der Waals surface area contributed by atoms with Crippen LogP contribution in [0.4, 0.5) is 0 Å². The maximum Gasteiger partial charge on any atom is 0.399 e. The Hall–Kier alpha value is -4.13. The number of para-hydroxylation sites is 1. The first-order valence-electron chi connectivity index (χ1n) is 26.0. The number of rotatable bonds is 28. The smallest absolute Gasteiger partial charge is 0.399 e. The van der Waals surface area contributed by atoms with Crippen molar-refractivity contribution >= 4 is 34.0 Å². The van der Waals surface area contributed by atoms with Crippen LogP contribution in [0.25, 0.3) is 0 Å². The molecule has 4 fully saturated rings. The lowest BCUT2D eigenvalue weighted by atomic mass is 9.93. The zero-order valence-corrected chi connectivity index (χ0v) is 45.3. The van der Waals surface area contributed by atoms with E-state index in [4.69, 9.17) is 42.1 Å². The van der Waals surface area contributed by atoms with Crippen molar-refractivity contribution in [2.75, 3.05) is 40.1 Å². The number of hydrogen-bond donors (Lipinski definition) is 13. The molecule has 20 atom stereocenters. The predicted octanol–water partition coefficient (Wildman–Crippen LogP) is -4.28. The summed E-state index contributed by atoms with van der Waals surface area (Å²) >= 11 is 0. The number of nitrogens with one attached hydrogen (secondary N) is 4. The summed E-state index contributed by atoms with van der Waals surface area (Å²) in [4.78, 5) is 51.5. The van der Waals surface area contributed by atoms with Crippen molar-refractivity contribution in [2.24, 2.45) is 0 Å². The summed E-state index contributed by atoms with van der Waals surface area (Å²) in [7, 11) is -3.88. The molecule has 0 aliphatic carbocycles. The first kappa shape index (κ1) is 65.7. The summed E-state index contributed by atoms with van der Waals surface area (Å²) < 4.78 is 81.0. The van der Waals surface area contributed by atoms with Crippen LogP contribution in [0.2, 0.25) is 0 Å². The highest BCUT2D eigenvalue weighted by molar-refractivity contribution is 7.81. The molecule has 4 amide bonds. The van der Waals surface area contributed by atoms with Crippen LogP contribution in [0.15, 0.2) is 36.4 Å². The van der Waals surface area contributed by atoms with Gasteiger partial charge in [0.2, 0.25) is 17.7 Å². The number of allylic oxidation sites excluding steroid dienone is 2. The molecule has 4 saturated heterocycles. The van der Waals surface area contributed by atoms with E-state index in [2.05, 4.69) is 44.5 Å². The van der Waals surface area contributed by atoms with Crippen LogP contribution in [0.3, 0.4) is 0 Å². The van der Waals surface area contributed by atoms with Crippen molar-refractivity contribution in [1.29, 1.82) is 0 Å². The Morgan fingerprint density at radius 2 is 1.05 bits per heavy atom. The third-order valence-electron chi connectivity index (χ3n) is 13.4. The van der Waals surface area contributed by atoms with Gasteiger partial charge in [-0.15, -0.1) is 0 Å². The average Bonchev–Trinajstić information content (AvgIpc) is 3.47. The Kier molecular flexibility index (Phi) is 26.1. The minimum Gasteiger partial charge on any atom is -0.493 e. The van der Waals surface area contributed by atoms with E-state index < -0.39 is 183 Å². The largest absolute Gasteiger partial charge is 0.493 e. The Morgan fingerprint density at radius 3 is 1.56 bits per heavy atom. The van der Waals surface area contributed by atoms with Crippen LogP contribution in [0, 0.1) is 0 Å². The summed E-state index contributed by atoms with van der Waals surface area (Å²) in [6, 6.07) is -0.491. The number of carbonyl (C=O) groups is 4. The third-order valence-corrected chi connectivity index (χ3v) is 14.3. The molecule has 30 heteroatoms. The third kappa shape index (κ3) is 17.9. The summed E-state index contributed by atoms with van der Waals surface area (Å²) in [5.41, 5.74) is 0.0257. The molecule has 29 nitrogen and oxygen atoms in total. The van der Waals surface area contributed by atoms with E-state index in [1.54, 1.807) is 18.2 Å². The van der Waals surface area contributed by atoms with Gasteiger partial charge in [-0.25, -0.2) is 4.18 Å². The highest BCUT2D eigenvalue weighted by Gasteiger charge is 2.56. The zero-order valence-electron chi connectivity index (χ0n) is 44.5. The van der Waals surface area contributed by atoms with Gasteiger partial charge in [-0.3, -0.25) is 23.4 Å².